The van der Waals surface area contributed by atoms with E-state index in [0.717, 1.165) is 6.29 Å². The number of ether oxygens (including phenoxy) is 1. The van der Waals surface area contributed by atoms with Gasteiger partial charge < -0.3 is 4.74 Å². The molecule has 24 heavy (non-hydrogen) atoms. The van der Waals surface area contributed by atoms with Crippen LogP contribution in [-0.2, 0) is 11.3 Å². The van der Waals surface area contributed by atoms with Crippen LogP contribution in [0.4, 0.5) is 14.9 Å². The van der Waals surface area contributed by atoms with E-state index in [1.807, 2.05) is 0 Å². The van der Waals surface area contributed by atoms with Crippen molar-refractivity contribution in [2.75, 3.05) is 4.90 Å². The lowest BCUT2D eigenvalue weighted by Gasteiger charge is -2.27. The van der Waals surface area contributed by atoms with Crippen LogP contribution in [0, 0.1) is 5.82 Å². The molecule has 0 saturated carbocycles. The van der Waals surface area contributed by atoms with Gasteiger partial charge in [-0.15, -0.1) is 0 Å². The van der Waals surface area contributed by atoms with Crippen molar-refractivity contribution in [3.63, 3.8) is 0 Å². The minimum absolute atomic E-state index is 0.160. The molecule has 2 rings (SSSR count). The van der Waals surface area contributed by atoms with Gasteiger partial charge in [0.1, 0.15) is 17.7 Å². The highest BCUT2D eigenvalue weighted by Gasteiger charge is 2.23. The average molecular weight is 329 g/mol. The molecule has 0 heterocycles. The number of aldehydes is 1. The van der Waals surface area contributed by atoms with Crippen LogP contribution in [0.25, 0.3) is 0 Å². The molecule has 0 aliphatic carbocycles. The van der Waals surface area contributed by atoms with Gasteiger partial charge in [-0.2, -0.15) is 0 Å². The Morgan fingerprint density at radius 1 is 1.17 bits per heavy atom. The predicted octanol–water partition coefficient (Wildman–Crippen LogP) is 4.58. The summed E-state index contributed by atoms with van der Waals surface area (Å²) in [5, 5.41) is 0. The van der Waals surface area contributed by atoms with E-state index < -0.39 is 11.7 Å². The topological polar surface area (TPSA) is 46.6 Å². The number of hydrogen-bond acceptors (Lipinski definition) is 3. The number of rotatable bonds is 4. The number of nitrogens with zero attached hydrogens (tertiary/aromatic N) is 1. The van der Waals surface area contributed by atoms with Gasteiger partial charge in [-0.05, 0) is 62.7 Å². The van der Waals surface area contributed by atoms with E-state index in [2.05, 4.69) is 0 Å². The van der Waals surface area contributed by atoms with E-state index >= 15 is 0 Å². The Bertz CT molecular complexity index is 720. The van der Waals surface area contributed by atoms with E-state index in [4.69, 9.17) is 4.74 Å². The van der Waals surface area contributed by atoms with E-state index in [1.165, 1.54) is 17.0 Å². The number of hydrogen-bond donors (Lipinski definition) is 0. The minimum atomic E-state index is -0.653. The lowest BCUT2D eigenvalue weighted by atomic mass is 10.1. The summed E-state index contributed by atoms with van der Waals surface area (Å²) in [5.74, 6) is -0.368. The fraction of sp³-hybridized carbons (Fsp3) is 0.263. The van der Waals surface area contributed by atoms with Crippen LogP contribution < -0.4 is 4.90 Å². The lowest BCUT2D eigenvalue weighted by molar-refractivity contribution is 0.0577. The summed E-state index contributed by atoms with van der Waals surface area (Å²) < 4.78 is 18.9. The Hall–Kier alpha value is -2.69. The molecule has 4 nitrogen and oxygen atoms in total. The van der Waals surface area contributed by atoms with Gasteiger partial charge in [-0.3, -0.25) is 9.69 Å². The Labute approximate surface area is 140 Å². The second-order valence-electron chi connectivity index (χ2n) is 6.41. The summed E-state index contributed by atoms with van der Waals surface area (Å²) in [4.78, 5) is 24.7. The number of anilines is 1. The van der Waals surface area contributed by atoms with Gasteiger partial charge in [0.2, 0.25) is 0 Å². The van der Waals surface area contributed by atoms with Crippen molar-refractivity contribution >= 4 is 18.1 Å². The second-order valence-corrected chi connectivity index (χ2v) is 6.41. The number of amides is 1. The average Bonchev–Trinajstić information content (AvgIpc) is 2.51. The molecule has 0 aliphatic rings. The van der Waals surface area contributed by atoms with Gasteiger partial charge in [0.25, 0.3) is 0 Å². The van der Waals surface area contributed by atoms with Crippen LogP contribution in [-0.4, -0.2) is 18.0 Å². The number of carbonyl (C=O) groups excluding carboxylic acids is 2. The van der Waals surface area contributed by atoms with E-state index in [0.29, 0.717) is 16.8 Å². The Morgan fingerprint density at radius 3 is 2.38 bits per heavy atom. The smallest absolute Gasteiger partial charge is 0.415 e. The van der Waals surface area contributed by atoms with Crippen LogP contribution in [0.3, 0.4) is 0 Å². The maximum Gasteiger partial charge on any atom is 0.415 e. The number of halogens is 1. The summed E-state index contributed by atoms with van der Waals surface area (Å²) in [6.45, 7) is 5.50. The molecule has 126 valence electrons. The normalized spacial score (nSPS) is 11.0. The zero-order valence-corrected chi connectivity index (χ0v) is 14.0. The van der Waals surface area contributed by atoms with Gasteiger partial charge in [-0.1, -0.05) is 12.1 Å². The van der Waals surface area contributed by atoms with E-state index in [9.17, 15) is 14.0 Å². The zero-order valence-electron chi connectivity index (χ0n) is 14.0. The second kappa shape index (κ2) is 7.25. The summed E-state index contributed by atoms with van der Waals surface area (Å²) in [6, 6.07) is 12.6. The van der Waals surface area contributed by atoms with Crippen molar-refractivity contribution in [1.82, 2.24) is 0 Å². The van der Waals surface area contributed by atoms with Crippen LogP contribution >= 0.6 is 0 Å². The zero-order chi connectivity index (χ0) is 17.7. The fourth-order valence-electron chi connectivity index (χ4n) is 2.13. The summed E-state index contributed by atoms with van der Waals surface area (Å²) >= 11 is 0. The van der Waals surface area contributed by atoms with Crippen LogP contribution in [0.1, 0.15) is 36.7 Å². The first-order valence-electron chi connectivity index (χ1n) is 7.59. The predicted molar refractivity (Wildman–Crippen MR) is 90.6 cm³/mol. The first kappa shape index (κ1) is 17.7. The van der Waals surface area contributed by atoms with Gasteiger partial charge in [0.05, 0.1) is 6.54 Å². The Morgan fingerprint density at radius 2 is 1.83 bits per heavy atom. The van der Waals surface area contributed by atoms with Crippen molar-refractivity contribution in [2.45, 2.75) is 32.9 Å². The van der Waals surface area contributed by atoms with E-state index in [1.54, 1.807) is 57.2 Å². The third-order valence-corrected chi connectivity index (χ3v) is 3.18. The molecule has 0 aromatic heterocycles. The third-order valence-electron chi connectivity index (χ3n) is 3.18. The molecule has 0 saturated heterocycles. The SMILES string of the molecule is CC(C)(C)OC(=O)N(Cc1cccc(F)c1)c1ccc(C=O)cc1. The van der Waals surface area contributed by atoms with Crippen molar-refractivity contribution < 1.29 is 18.7 Å². The highest BCUT2D eigenvalue weighted by molar-refractivity contribution is 5.88. The minimum Gasteiger partial charge on any atom is -0.443 e. The maximum absolute atomic E-state index is 13.4. The van der Waals surface area contributed by atoms with Gasteiger partial charge >= 0.3 is 6.09 Å². The quantitative estimate of drug-likeness (QED) is 0.771. The fourth-order valence-corrected chi connectivity index (χ4v) is 2.13. The molecular formula is C19H20FNO3. The molecule has 0 atom stereocenters. The Balaban J connectivity index is 2.32. The molecule has 0 spiro atoms. The first-order valence-corrected chi connectivity index (χ1v) is 7.59. The standard InChI is InChI=1S/C19H20FNO3/c1-19(2,3)24-18(23)21(12-15-5-4-6-16(20)11-15)17-9-7-14(13-22)8-10-17/h4-11,13H,12H2,1-3H3. The van der Waals surface area contributed by atoms with Gasteiger partial charge in [0.15, 0.2) is 0 Å². The van der Waals surface area contributed by atoms with Crippen molar-refractivity contribution in [3.8, 4) is 0 Å². The summed E-state index contributed by atoms with van der Waals surface area (Å²) in [6.07, 6.45) is 0.194. The van der Waals surface area contributed by atoms with E-state index in [-0.39, 0.29) is 12.4 Å². The largest absolute Gasteiger partial charge is 0.443 e. The summed E-state index contributed by atoms with van der Waals surface area (Å²) in [5.41, 5.74) is 1.06. The molecule has 0 unspecified atom stereocenters. The highest BCUT2D eigenvalue weighted by atomic mass is 19.1. The molecule has 0 N–H and O–H groups in total. The van der Waals surface area contributed by atoms with Crippen molar-refractivity contribution in [2.24, 2.45) is 0 Å². The molecule has 2 aromatic carbocycles. The molecule has 0 aliphatic heterocycles. The van der Waals surface area contributed by atoms with Gasteiger partial charge in [0, 0.05) is 11.3 Å². The molecule has 5 heteroatoms. The lowest BCUT2D eigenvalue weighted by Crippen LogP contribution is -2.36. The Kier molecular flexibility index (Phi) is 5.34. The van der Waals surface area contributed by atoms with Crippen LogP contribution in [0.5, 0.6) is 0 Å². The third kappa shape index (κ3) is 4.91. The molecule has 1 amide bonds. The van der Waals surface area contributed by atoms with Crippen molar-refractivity contribution in [1.29, 1.82) is 0 Å². The highest BCUT2D eigenvalue weighted by Crippen LogP contribution is 2.21. The number of benzene rings is 2. The molecule has 0 bridgehead atoms. The van der Waals surface area contributed by atoms with Gasteiger partial charge in [-0.25, -0.2) is 9.18 Å². The molecule has 2 aromatic rings. The maximum atomic E-state index is 13.4. The van der Waals surface area contributed by atoms with Crippen LogP contribution in [0.2, 0.25) is 0 Å². The van der Waals surface area contributed by atoms with Crippen LogP contribution in [0.15, 0.2) is 48.5 Å². The molecule has 0 radical (unpaired) electrons. The first-order chi connectivity index (χ1) is 11.3. The molecular weight excluding hydrogens is 309 g/mol. The van der Waals surface area contributed by atoms with Crippen molar-refractivity contribution in [3.05, 3.63) is 65.5 Å². The number of carbonyl (C=O) groups is 2. The monoisotopic (exact) mass is 329 g/mol. The molecule has 0 fully saturated rings. The summed E-state index contributed by atoms with van der Waals surface area (Å²) in [7, 11) is 0.